The largest absolute Gasteiger partial charge is 0.313 e. The van der Waals surface area contributed by atoms with Crippen molar-refractivity contribution < 1.29 is 8.42 Å². The van der Waals surface area contributed by atoms with Gasteiger partial charge in [0.2, 0.25) is 10.0 Å². The average Bonchev–Trinajstić information content (AvgIpc) is 2.48. The third-order valence-electron chi connectivity index (χ3n) is 4.03. The summed E-state index contributed by atoms with van der Waals surface area (Å²) in [5, 5.41) is 3.44. The first kappa shape index (κ1) is 16.5. The molecule has 1 atom stereocenters. The second-order valence-electron chi connectivity index (χ2n) is 5.93. The zero-order valence-electron chi connectivity index (χ0n) is 13.2. The average molecular weight is 310 g/mol. The van der Waals surface area contributed by atoms with Crippen molar-refractivity contribution in [3.8, 4) is 0 Å². The third kappa shape index (κ3) is 3.84. The van der Waals surface area contributed by atoms with E-state index >= 15 is 0 Å². The molecule has 1 aromatic rings. The SMILES string of the molecule is CCCNC1CCCN(S(=O)(=O)c2cc(C)ccc2C)C1. The van der Waals surface area contributed by atoms with Gasteiger partial charge in [0.05, 0.1) is 4.90 Å². The van der Waals surface area contributed by atoms with Gasteiger partial charge in [-0.3, -0.25) is 0 Å². The third-order valence-corrected chi connectivity index (χ3v) is 6.04. The summed E-state index contributed by atoms with van der Waals surface area (Å²) in [6.07, 6.45) is 3.05. The Kier molecular flexibility index (Phi) is 5.41. The summed E-state index contributed by atoms with van der Waals surface area (Å²) in [7, 11) is -3.38. The minimum Gasteiger partial charge on any atom is -0.313 e. The van der Waals surface area contributed by atoms with E-state index in [0.717, 1.165) is 36.9 Å². The lowest BCUT2D eigenvalue weighted by Crippen LogP contribution is -2.48. The van der Waals surface area contributed by atoms with E-state index in [9.17, 15) is 8.42 Å². The molecule has 0 aromatic heterocycles. The van der Waals surface area contributed by atoms with Gasteiger partial charge in [0.15, 0.2) is 0 Å². The molecule has 1 N–H and O–H groups in total. The maximum absolute atomic E-state index is 12.9. The first-order valence-corrected chi connectivity index (χ1v) is 9.20. The first-order chi connectivity index (χ1) is 9.95. The Balaban J connectivity index is 2.20. The van der Waals surface area contributed by atoms with E-state index in [1.54, 1.807) is 10.4 Å². The van der Waals surface area contributed by atoms with Gasteiger partial charge >= 0.3 is 0 Å². The number of benzene rings is 1. The summed E-state index contributed by atoms with van der Waals surface area (Å²) in [5.74, 6) is 0. The van der Waals surface area contributed by atoms with Gasteiger partial charge in [0, 0.05) is 19.1 Å². The number of rotatable bonds is 5. The van der Waals surface area contributed by atoms with Crippen LogP contribution < -0.4 is 5.32 Å². The van der Waals surface area contributed by atoms with Crippen LogP contribution in [0.5, 0.6) is 0 Å². The van der Waals surface area contributed by atoms with Crippen LogP contribution in [0.4, 0.5) is 0 Å². The van der Waals surface area contributed by atoms with Crippen molar-refractivity contribution in [3.63, 3.8) is 0 Å². The van der Waals surface area contributed by atoms with Crippen LogP contribution in [0.15, 0.2) is 23.1 Å². The van der Waals surface area contributed by atoms with E-state index in [-0.39, 0.29) is 6.04 Å². The van der Waals surface area contributed by atoms with Crippen LogP contribution in [0.2, 0.25) is 0 Å². The van der Waals surface area contributed by atoms with E-state index in [0.29, 0.717) is 18.0 Å². The second-order valence-corrected chi connectivity index (χ2v) is 7.83. The molecule has 0 bridgehead atoms. The molecule has 0 saturated carbocycles. The fourth-order valence-corrected chi connectivity index (χ4v) is 4.63. The highest BCUT2D eigenvalue weighted by Crippen LogP contribution is 2.24. The summed E-state index contributed by atoms with van der Waals surface area (Å²) >= 11 is 0. The van der Waals surface area contributed by atoms with Crippen LogP contribution in [-0.2, 0) is 10.0 Å². The molecule has 5 heteroatoms. The molecule has 1 aliphatic rings. The number of nitrogens with one attached hydrogen (secondary N) is 1. The maximum atomic E-state index is 12.9. The van der Waals surface area contributed by atoms with Gasteiger partial charge in [0.25, 0.3) is 0 Å². The molecule has 0 spiro atoms. The highest BCUT2D eigenvalue weighted by atomic mass is 32.2. The summed E-state index contributed by atoms with van der Waals surface area (Å²) in [6.45, 7) is 8.07. The molecular weight excluding hydrogens is 284 g/mol. The van der Waals surface area contributed by atoms with Crippen LogP contribution >= 0.6 is 0 Å². The monoisotopic (exact) mass is 310 g/mol. The molecule has 0 radical (unpaired) electrons. The van der Waals surface area contributed by atoms with Gasteiger partial charge in [-0.25, -0.2) is 8.42 Å². The number of piperidine rings is 1. The summed E-state index contributed by atoms with van der Waals surface area (Å²) in [5.41, 5.74) is 1.81. The fourth-order valence-electron chi connectivity index (χ4n) is 2.80. The van der Waals surface area contributed by atoms with Gasteiger partial charge in [-0.15, -0.1) is 0 Å². The number of sulfonamides is 1. The molecule has 1 saturated heterocycles. The molecule has 1 aromatic carbocycles. The minimum absolute atomic E-state index is 0.276. The summed E-state index contributed by atoms with van der Waals surface area (Å²) in [6, 6.07) is 5.90. The van der Waals surface area contributed by atoms with Gasteiger partial charge < -0.3 is 5.32 Å². The molecule has 4 nitrogen and oxygen atoms in total. The van der Waals surface area contributed by atoms with Crippen LogP contribution in [0, 0.1) is 13.8 Å². The van der Waals surface area contributed by atoms with Crippen molar-refractivity contribution in [1.82, 2.24) is 9.62 Å². The normalized spacial score (nSPS) is 20.6. The Hall–Kier alpha value is -0.910. The number of hydrogen-bond acceptors (Lipinski definition) is 3. The summed E-state index contributed by atoms with van der Waals surface area (Å²) in [4.78, 5) is 0.457. The molecule has 21 heavy (non-hydrogen) atoms. The van der Waals surface area contributed by atoms with E-state index in [2.05, 4.69) is 12.2 Å². The van der Waals surface area contributed by atoms with Crippen molar-refractivity contribution in [3.05, 3.63) is 29.3 Å². The molecule has 0 amide bonds. The lowest BCUT2D eigenvalue weighted by atomic mass is 10.1. The van der Waals surface area contributed by atoms with Crippen molar-refractivity contribution >= 4 is 10.0 Å². The van der Waals surface area contributed by atoms with Crippen LogP contribution in [-0.4, -0.2) is 38.4 Å². The Morgan fingerprint density at radius 2 is 2.10 bits per heavy atom. The highest BCUT2D eigenvalue weighted by molar-refractivity contribution is 7.89. The zero-order chi connectivity index (χ0) is 15.5. The van der Waals surface area contributed by atoms with Crippen molar-refractivity contribution in [2.24, 2.45) is 0 Å². The van der Waals surface area contributed by atoms with Crippen LogP contribution in [0.3, 0.4) is 0 Å². The maximum Gasteiger partial charge on any atom is 0.243 e. The smallest absolute Gasteiger partial charge is 0.243 e. The van der Waals surface area contributed by atoms with Crippen molar-refractivity contribution in [2.75, 3.05) is 19.6 Å². The molecule has 118 valence electrons. The number of hydrogen-bond donors (Lipinski definition) is 1. The highest BCUT2D eigenvalue weighted by Gasteiger charge is 2.30. The van der Waals surface area contributed by atoms with E-state index in [1.165, 1.54) is 0 Å². The Morgan fingerprint density at radius 3 is 2.81 bits per heavy atom. The van der Waals surface area contributed by atoms with Gasteiger partial charge in [0.1, 0.15) is 0 Å². The Labute approximate surface area is 128 Å². The van der Waals surface area contributed by atoms with Gasteiger partial charge in [-0.2, -0.15) is 4.31 Å². The van der Waals surface area contributed by atoms with E-state index in [4.69, 9.17) is 0 Å². The van der Waals surface area contributed by atoms with Crippen molar-refractivity contribution in [1.29, 1.82) is 0 Å². The van der Waals surface area contributed by atoms with E-state index < -0.39 is 10.0 Å². The molecule has 1 fully saturated rings. The topological polar surface area (TPSA) is 49.4 Å². The second kappa shape index (κ2) is 6.90. The predicted octanol–water partition coefficient (Wildman–Crippen LogP) is 2.46. The molecule has 1 aliphatic heterocycles. The molecule has 1 unspecified atom stereocenters. The van der Waals surface area contributed by atoms with Crippen molar-refractivity contribution in [2.45, 2.75) is 51.0 Å². The molecular formula is C16H26N2O2S. The standard InChI is InChI=1S/C16H26N2O2S/c1-4-9-17-15-6-5-10-18(12-15)21(19,20)16-11-13(2)7-8-14(16)3/h7-8,11,15,17H,4-6,9-10,12H2,1-3H3. The zero-order valence-corrected chi connectivity index (χ0v) is 14.0. The quantitative estimate of drug-likeness (QED) is 0.909. The first-order valence-electron chi connectivity index (χ1n) is 7.76. The Morgan fingerprint density at radius 1 is 1.33 bits per heavy atom. The molecule has 1 heterocycles. The fraction of sp³-hybridized carbons (Fsp3) is 0.625. The van der Waals surface area contributed by atoms with Gasteiger partial charge in [-0.05, 0) is 56.8 Å². The lowest BCUT2D eigenvalue weighted by Gasteiger charge is -2.32. The molecule has 2 rings (SSSR count). The minimum atomic E-state index is -3.38. The van der Waals surface area contributed by atoms with E-state index in [1.807, 2.05) is 26.0 Å². The van der Waals surface area contributed by atoms with Gasteiger partial charge in [-0.1, -0.05) is 19.1 Å². The van der Waals surface area contributed by atoms with Crippen LogP contribution in [0.25, 0.3) is 0 Å². The molecule has 0 aliphatic carbocycles. The predicted molar refractivity (Wildman–Crippen MR) is 86.0 cm³/mol. The Bertz CT molecular complexity index is 584. The number of nitrogens with zero attached hydrogens (tertiary/aromatic N) is 1. The van der Waals surface area contributed by atoms with Crippen LogP contribution in [0.1, 0.15) is 37.3 Å². The lowest BCUT2D eigenvalue weighted by molar-refractivity contribution is 0.284. The summed E-state index contributed by atoms with van der Waals surface area (Å²) < 4.78 is 27.4. The number of aryl methyl sites for hydroxylation is 2.